The number of hydrogen-bond acceptors (Lipinski definition) is 4. The van der Waals surface area contributed by atoms with E-state index in [4.69, 9.17) is 4.74 Å². The molecule has 0 unspecified atom stereocenters. The summed E-state index contributed by atoms with van der Waals surface area (Å²) in [7, 11) is -4.51. The maximum absolute atomic E-state index is 12.4. The Balaban J connectivity index is 0.00000480. The minimum atomic E-state index is -4.51. The van der Waals surface area contributed by atoms with E-state index in [2.05, 4.69) is 6.92 Å². The molecule has 0 atom stereocenters. The maximum atomic E-state index is 12.4. The molecular weight excluding hydrogens is 423 g/mol. The van der Waals surface area contributed by atoms with Gasteiger partial charge in [-0.05, 0) is 37.1 Å². The molecule has 0 spiro atoms. The summed E-state index contributed by atoms with van der Waals surface area (Å²) in [5, 5.41) is 12.4. The summed E-state index contributed by atoms with van der Waals surface area (Å²) in [6.45, 7) is 2.22. The average molecular weight is 457 g/mol. The van der Waals surface area contributed by atoms with Crippen molar-refractivity contribution in [3.63, 3.8) is 0 Å². The first-order chi connectivity index (χ1) is 14.4. The second kappa shape index (κ2) is 14.9. The van der Waals surface area contributed by atoms with Crippen molar-refractivity contribution < 1.29 is 52.4 Å². The first-order valence-electron chi connectivity index (χ1n) is 11.0. The fourth-order valence-electron chi connectivity index (χ4n) is 3.48. The van der Waals surface area contributed by atoms with Gasteiger partial charge >= 0.3 is 29.6 Å². The molecule has 0 saturated heterocycles. The van der Waals surface area contributed by atoms with Gasteiger partial charge in [0.2, 0.25) is 0 Å². The second-order valence-electron chi connectivity index (χ2n) is 7.73. The van der Waals surface area contributed by atoms with Crippen LogP contribution in [0, 0.1) is 0 Å². The SMILES string of the molecule is CCCCCCCCCCCCc1cc(S(=O)(=O)O)c(Oc2ccccc2)cc1[O-].[Na+]. The van der Waals surface area contributed by atoms with Gasteiger partial charge in [-0.3, -0.25) is 4.55 Å². The van der Waals surface area contributed by atoms with Crippen LogP contribution in [-0.2, 0) is 16.5 Å². The minimum Gasteiger partial charge on any atom is -0.872 e. The zero-order chi connectivity index (χ0) is 21.8. The van der Waals surface area contributed by atoms with E-state index >= 15 is 0 Å². The minimum absolute atomic E-state index is 0. The number of ether oxygens (including phenoxy) is 1. The first-order valence-corrected chi connectivity index (χ1v) is 12.4. The smallest absolute Gasteiger partial charge is 0.872 e. The summed E-state index contributed by atoms with van der Waals surface area (Å²) in [4.78, 5) is -0.368. The van der Waals surface area contributed by atoms with Crippen LogP contribution >= 0.6 is 0 Å². The Morgan fingerprint density at radius 3 is 1.97 bits per heavy atom. The molecule has 7 heteroatoms. The second-order valence-corrected chi connectivity index (χ2v) is 9.12. The Bertz CT molecular complexity index is 869. The number of aryl methyl sites for hydroxylation is 1. The molecule has 0 aliphatic carbocycles. The normalized spacial score (nSPS) is 11.2. The van der Waals surface area contributed by atoms with Crippen LogP contribution in [0.3, 0.4) is 0 Å². The van der Waals surface area contributed by atoms with Crippen LogP contribution in [0.5, 0.6) is 17.2 Å². The zero-order valence-corrected chi connectivity index (χ0v) is 21.6. The van der Waals surface area contributed by atoms with Crippen LogP contribution in [0.4, 0.5) is 0 Å². The fraction of sp³-hybridized carbons (Fsp3) is 0.500. The topological polar surface area (TPSA) is 86.7 Å². The third-order valence-corrected chi connectivity index (χ3v) is 6.05. The molecule has 5 nitrogen and oxygen atoms in total. The molecule has 0 bridgehead atoms. The molecule has 0 aliphatic heterocycles. The van der Waals surface area contributed by atoms with E-state index in [9.17, 15) is 18.1 Å². The van der Waals surface area contributed by atoms with Gasteiger partial charge < -0.3 is 9.84 Å². The van der Waals surface area contributed by atoms with Crippen molar-refractivity contribution in [2.75, 3.05) is 0 Å². The molecule has 0 amide bonds. The molecule has 0 aliphatic rings. The van der Waals surface area contributed by atoms with E-state index < -0.39 is 10.1 Å². The van der Waals surface area contributed by atoms with Gasteiger partial charge in [-0.15, -0.1) is 5.75 Å². The predicted molar refractivity (Wildman–Crippen MR) is 118 cm³/mol. The van der Waals surface area contributed by atoms with Crippen LogP contribution < -0.4 is 39.4 Å². The summed E-state index contributed by atoms with van der Waals surface area (Å²) in [6.07, 6.45) is 12.3. The van der Waals surface area contributed by atoms with E-state index in [1.807, 2.05) is 0 Å². The molecular formula is C24H33NaO5S. The summed E-state index contributed by atoms with van der Waals surface area (Å²) in [5.74, 6) is -0.0333. The number of benzene rings is 2. The van der Waals surface area contributed by atoms with E-state index in [0.717, 1.165) is 25.3 Å². The predicted octanol–water partition coefficient (Wildman–Crippen LogP) is 3.27. The molecule has 0 aromatic heterocycles. The Kier molecular flexibility index (Phi) is 13.5. The van der Waals surface area contributed by atoms with Crippen molar-refractivity contribution in [1.29, 1.82) is 0 Å². The van der Waals surface area contributed by atoms with Crippen LogP contribution in [-0.4, -0.2) is 13.0 Å². The van der Waals surface area contributed by atoms with Crippen LogP contribution in [0.1, 0.15) is 76.7 Å². The third kappa shape index (κ3) is 10.4. The molecule has 31 heavy (non-hydrogen) atoms. The van der Waals surface area contributed by atoms with Gasteiger partial charge in [-0.25, -0.2) is 0 Å². The molecule has 0 fully saturated rings. The maximum Gasteiger partial charge on any atom is 1.00 e. The molecule has 2 aromatic carbocycles. The van der Waals surface area contributed by atoms with Crippen molar-refractivity contribution in [2.45, 2.75) is 82.4 Å². The number of unbranched alkanes of at least 4 members (excludes halogenated alkanes) is 9. The standard InChI is InChI=1S/C24H34O5S.Na/c1-2-3-4-5-6-7-8-9-10-12-15-20-18-24(30(26,27)28)23(19-22(20)25)29-21-16-13-11-14-17-21;/h11,13-14,16-19,25H,2-10,12,15H2,1H3,(H,26,27,28);/q;+1/p-1. The van der Waals surface area contributed by atoms with E-state index in [1.165, 1.54) is 51.0 Å². The van der Waals surface area contributed by atoms with Crippen molar-refractivity contribution in [1.82, 2.24) is 0 Å². The molecule has 0 radical (unpaired) electrons. The largest absolute Gasteiger partial charge is 1.00 e. The van der Waals surface area contributed by atoms with Crippen molar-refractivity contribution in [3.8, 4) is 17.2 Å². The Morgan fingerprint density at radius 1 is 0.871 bits per heavy atom. The quantitative estimate of drug-likeness (QED) is 0.268. The Morgan fingerprint density at radius 2 is 1.42 bits per heavy atom. The van der Waals surface area contributed by atoms with Crippen LogP contribution in [0.15, 0.2) is 47.4 Å². The van der Waals surface area contributed by atoms with Gasteiger partial charge in [0, 0.05) is 0 Å². The van der Waals surface area contributed by atoms with Gasteiger partial charge in [0.15, 0.2) is 0 Å². The summed E-state index contributed by atoms with van der Waals surface area (Å²) in [6, 6.07) is 11.0. The molecule has 0 saturated carbocycles. The van der Waals surface area contributed by atoms with E-state index in [0.29, 0.717) is 17.7 Å². The number of rotatable bonds is 14. The van der Waals surface area contributed by atoms with Gasteiger partial charge in [0.25, 0.3) is 10.1 Å². The van der Waals surface area contributed by atoms with E-state index in [1.54, 1.807) is 30.3 Å². The molecule has 166 valence electrons. The summed E-state index contributed by atoms with van der Waals surface area (Å²) >= 11 is 0. The van der Waals surface area contributed by atoms with Gasteiger partial charge in [0.05, 0.1) is 0 Å². The molecule has 2 rings (SSSR count). The Hall–Kier alpha value is -1.05. The van der Waals surface area contributed by atoms with Crippen molar-refractivity contribution in [3.05, 3.63) is 48.0 Å². The fourth-order valence-corrected chi connectivity index (χ4v) is 4.12. The summed E-state index contributed by atoms with van der Waals surface area (Å²) in [5.41, 5.74) is 0.391. The first kappa shape index (κ1) is 28.0. The molecule has 1 N–H and O–H groups in total. The van der Waals surface area contributed by atoms with Crippen molar-refractivity contribution in [2.24, 2.45) is 0 Å². The van der Waals surface area contributed by atoms with Gasteiger partial charge in [-0.1, -0.05) is 88.5 Å². The summed E-state index contributed by atoms with van der Waals surface area (Å²) < 4.78 is 38.8. The third-order valence-electron chi connectivity index (χ3n) is 5.18. The van der Waals surface area contributed by atoms with Gasteiger partial charge in [0.1, 0.15) is 16.4 Å². The van der Waals surface area contributed by atoms with Gasteiger partial charge in [-0.2, -0.15) is 8.42 Å². The van der Waals surface area contributed by atoms with Crippen LogP contribution in [0.2, 0.25) is 0 Å². The number of hydrogen-bond donors (Lipinski definition) is 1. The number of para-hydroxylation sites is 1. The monoisotopic (exact) mass is 456 g/mol. The zero-order valence-electron chi connectivity index (χ0n) is 18.8. The van der Waals surface area contributed by atoms with Crippen molar-refractivity contribution >= 4 is 10.1 Å². The van der Waals surface area contributed by atoms with E-state index in [-0.39, 0.29) is 46.0 Å². The van der Waals surface area contributed by atoms with Crippen LogP contribution in [0.25, 0.3) is 0 Å². The molecule has 0 heterocycles. The molecule has 2 aromatic rings. The average Bonchev–Trinajstić information content (AvgIpc) is 2.70. The Labute approximate surface area is 209 Å².